The molecule has 2 heterocycles. The zero-order valence-corrected chi connectivity index (χ0v) is 17.0. The molecule has 2 amide bonds. The van der Waals surface area contributed by atoms with Crippen LogP contribution < -0.4 is 15.8 Å². The van der Waals surface area contributed by atoms with E-state index in [1.54, 1.807) is 38.1 Å². The van der Waals surface area contributed by atoms with Gasteiger partial charge in [-0.3, -0.25) is 19.3 Å². The predicted molar refractivity (Wildman–Crippen MR) is 108 cm³/mol. The van der Waals surface area contributed by atoms with Gasteiger partial charge in [0.2, 0.25) is 21.8 Å². The first-order valence-corrected chi connectivity index (χ1v) is 10.6. The van der Waals surface area contributed by atoms with Gasteiger partial charge in [0, 0.05) is 25.4 Å². The van der Waals surface area contributed by atoms with Crippen LogP contribution in [0.3, 0.4) is 0 Å². The number of sulfonamides is 1. The number of para-hydroxylation sites is 2. The fourth-order valence-electron chi connectivity index (χ4n) is 3.18. The number of hydrogen-bond acceptors (Lipinski definition) is 5. The van der Waals surface area contributed by atoms with Gasteiger partial charge in [-0.15, -0.1) is 0 Å². The highest BCUT2D eigenvalue weighted by Gasteiger charge is 2.27. The Morgan fingerprint density at radius 2 is 1.79 bits per heavy atom. The van der Waals surface area contributed by atoms with Crippen LogP contribution in [0.25, 0.3) is 0 Å². The number of carbonyl (C=O) groups is 2. The zero-order chi connectivity index (χ0) is 21.2. The Morgan fingerprint density at radius 3 is 2.48 bits per heavy atom. The number of anilines is 2. The summed E-state index contributed by atoms with van der Waals surface area (Å²) in [6, 6.07) is 9.20. The van der Waals surface area contributed by atoms with Gasteiger partial charge in [0.05, 0.1) is 16.3 Å². The normalized spacial score (nSPS) is 13.9. The van der Waals surface area contributed by atoms with E-state index in [1.807, 2.05) is 0 Å². The molecule has 9 nitrogen and oxygen atoms in total. The molecule has 0 spiro atoms. The molecule has 0 bridgehead atoms. The monoisotopic (exact) mass is 418 g/mol. The van der Waals surface area contributed by atoms with Gasteiger partial charge in [0.1, 0.15) is 13.1 Å². The molecule has 10 heteroatoms. The highest BCUT2D eigenvalue weighted by molar-refractivity contribution is 7.89. The number of aromatic nitrogens is 1. The van der Waals surface area contributed by atoms with Gasteiger partial charge in [-0.25, -0.2) is 8.42 Å². The molecule has 3 rings (SSSR count). The molecule has 0 atom stereocenters. The molecule has 2 aromatic rings. The number of amides is 2. The minimum Gasteiger partial charge on any atom is -0.323 e. The third kappa shape index (κ3) is 4.08. The lowest BCUT2D eigenvalue weighted by molar-refractivity contribution is -0.122. The van der Waals surface area contributed by atoms with Crippen molar-refractivity contribution in [1.82, 2.24) is 8.87 Å². The van der Waals surface area contributed by atoms with Gasteiger partial charge < -0.3 is 9.88 Å². The fourth-order valence-corrected chi connectivity index (χ4v) is 4.66. The van der Waals surface area contributed by atoms with Crippen molar-refractivity contribution in [2.45, 2.75) is 25.3 Å². The third-order valence-corrected chi connectivity index (χ3v) is 6.71. The molecule has 0 aliphatic carbocycles. The van der Waals surface area contributed by atoms with Gasteiger partial charge >= 0.3 is 0 Å². The summed E-state index contributed by atoms with van der Waals surface area (Å²) in [5.74, 6) is -0.839. The Bertz CT molecular complexity index is 1110. The molecule has 0 radical (unpaired) electrons. The van der Waals surface area contributed by atoms with Crippen LogP contribution in [0.1, 0.15) is 13.8 Å². The second-order valence-corrected chi connectivity index (χ2v) is 8.40. The van der Waals surface area contributed by atoms with E-state index in [0.717, 1.165) is 10.6 Å². The lowest BCUT2D eigenvalue weighted by Crippen LogP contribution is -2.44. The minimum absolute atomic E-state index is 0.0645. The van der Waals surface area contributed by atoms with Crippen molar-refractivity contribution in [3.8, 4) is 0 Å². The Balaban J connectivity index is 1.92. The largest absolute Gasteiger partial charge is 0.323 e. The molecule has 0 saturated heterocycles. The van der Waals surface area contributed by atoms with Crippen molar-refractivity contribution >= 4 is 33.2 Å². The predicted octanol–water partition coefficient (Wildman–Crippen LogP) is 0.864. The summed E-state index contributed by atoms with van der Waals surface area (Å²) in [5, 5.41) is 2.69. The van der Waals surface area contributed by atoms with Crippen LogP contribution in [-0.4, -0.2) is 48.7 Å². The molecule has 1 aliphatic heterocycles. The Hall–Kier alpha value is -2.98. The van der Waals surface area contributed by atoms with E-state index in [9.17, 15) is 22.8 Å². The summed E-state index contributed by atoms with van der Waals surface area (Å²) in [6.07, 6.45) is 1.17. The molecular formula is C19H22N4O5S. The molecule has 1 N–H and O–H groups in total. The van der Waals surface area contributed by atoms with Crippen LogP contribution in [0.4, 0.5) is 11.4 Å². The lowest BCUT2D eigenvalue weighted by atomic mass is 10.2. The van der Waals surface area contributed by atoms with Gasteiger partial charge in [-0.1, -0.05) is 26.0 Å². The van der Waals surface area contributed by atoms with Gasteiger partial charge in [-0.2, -0.15) is 4.31 Å². The highest BCUT2D eigenvalue weighted by Crippen LogP contribution is 2.29. The Kier molecular flexibility index (Phi) is 5.85. The first-order chi connectivity index (χ1) is 13.8. The first-order valence-electron chi connectivity index (χ1n) is 9.17. The number of hydrogen-bond donors (Lipinski definition) is 1. The van der Waals surface area contributed by atoms with Crippen LogP contribution in [0.15, 0.2) is 52.3 Å². The average molecular weight is 418 g/mol. The van der Waals surface area contributed by atoms with Crippen LogP contribution in [0, 0.1) is 0 Å². The van der Waals surface area contributed by atoms with Crippen molar-refractivity contribution in [3.05, 3.63) is 52.9 Å². The van der Waals surface area contributed by atoms with E-state index in [4.69, 9.17) is 0 Å². The Labute approximate surface area is 168 Å². The number of nitrogens with one attached hydrogen (secondary N) is 1. The number of benzene rings is 1. The van der Waals surface area contributed by atoms with E-state index >= 15 is 0 Å². The van der Waals surface area contributed by atoms with Gasteiger partial charge in [0.25, 0.3) is 5.56 Å². The van der Waals surface area contributed by atoms with Crippen LogP contribution in [0.5, 0.6) is 0 Å². The minimum atomic E-state index is -3.77. The number of carbonyl (C=O) groups excluding carboxylic acids is 2. The van der Waals surface area contributed by atoms with Crippen LogP contribution >= 0.6 is 0 Å². The average Bonchev–Trinajstić information content (AvgIpc) is 2.69. The summed E-state index contributed by atoms with van der Waals surface area (Å²) >= 11 is 0. The molecule has 1 aliphatic rings. The quantitative estimate of drug-likeness (QED) is 0.749. The van der Waals surface area contributed by atoms with Crippen LogP contribution in [0.2, 0.25) is 0 Å². The van der Waals surface area contributed by atoms with E-state index in [0.29, 0.717) is 11.4 Å². The van der Waals surface area contributed by atoms with E-state index in [-0.39, 0.29) is 37.0 Å². The van der Waals surface area contributed by atoms with Crippen molar-refractivity contribution in [1.29, 1.82) is 0 Å². The summed E-state index contributed by atoms with van der Waals surface area (Å²) in [4.78, 5) is 38.2. The zero-order valence-electron chi connectivity index (χ0n) is 16.2. The molecule has 0 saturated carbocycles. The lowest BCUT2D eigenvalue weighted by Gasteiger charge is -2.29. The topological polar surface area (TPSA) is 109 Å². The van der Waals surface area contributed by atoms with Gasteiger partial charge in [-0.05, 0) is 18.2 Å². The third-order valence-electron chi connectivity index (χ3n) is 4.68. The maximum atomic E-state index is 12.9. The van der Waals surface area contributed by atoms with E-state index < -0.39 is 21.5 Å². The van der Waals surface area contributed by atoms with Crippen molar-refractivity contribution in [3.63, 3.8) is 0 Å². The van der Waals surface area contributed by atoms with Crippen molar-refractivity contribution in [2.75, 3.05) is 29.9 Å². The summed E-state index contributed by atoms with van der Waals surface area (Å²) in [6.45, 7) is 3.45. The SMILES string of the molecule is CCN(CC)S(=O)(=O)c1ccc(=O)n(CC(=O)N2CC(=O)Nc3ccccc32)c1. The summed E-state index contributed by atoms with van der Waals surface area (Å²) < 4.78 is 27.7. The molecule has 0 fully saturated rings. The number of pyridine rings is 1. The molecule has 154 valence electrons. The van der Waals surface area contributed by atoms with Crippen LogP contribution in [-0.2, 0) is 26.2 Å². The smallest absolute Gasteiger partial charge is 0.251 e. The summed E-state index contributed by atoms with van der Waals surface area (Å²) in [5.41, 5.74) is 0.519. The summed E-state index contributed by atoms with van der Waals surface area (Å²) in [7, 11) is -3.77. The number of fused-ring (bicyclic) bond motifs is 1. The molecule has 1 aromatic heterocycles. The molecule has 1 aromatic carbocycles. The second-order valence-electron chi connectivity index (χ2n) is 6.47. The van der Waals surface area contributed by atoms with Crippen molar-refractivity contribution in [2.24, 2.45) is 0 Å². The van der Waals surface area contributed by atoms with Gasteiger partial charge in [0.15, 0.2) is 0 Å². The standard InChI is InChI=1S/C19H22N4O5S/c1-3-22(4-2)29(27,28)14-9-10-18(25)21(11-14)13-19(26)23-12-17(24)20-15-7-5-6-8-16(15)23/h5-11H,3-4,12-13H2,1-2H3,(H,20,24). The second kappa shape index (κ2) is 8.18. The van der Waals surface area contributed by atoms with E-state index in [1.165, 1.54) is 21.5 Å². The molecule has 0 unspecified atom stereocenters. The Morgan fingerprint density at radius 1 is 1.10 bits per heavy atom. The van der Waals surface area contributed by atoms with Crippen molar-refractivity contribution < 1.29 is 18.0 Å². The first kappa shape index (κ1) is 20.7. The molecule has 29 heavy (non-hydrogen) atoms. The maximum Gasteiger partial charge on any atom is 0.251 e. The van der Waals surface area contributed by atoms with E-state index in [2.05, 4.69) is 5.32 Å². The fraction of sp³-hybridized carbons (Fsp3) is 0.316. The maximum absolute atomic E-state index is 12.9. The number of nitrogens with zero attached hydrogens (tertiary/aromatic N) is 3. The molecular weight excluding hydrogens is 396 g/mol. The number of rotatable bonds is 6. The highest BCUT2D eigenvalue weighted by atomic mass is 32.2.